The van der Waals surface area contributed by atoms with Gasteiger partial charge in [0.25, 0.3) is 5.56 Å². The minimum Gasteiger partial charge on any atom is -0.444 e. The van der Waals surface area contributed by atoms with E-state index in [-0.39, 0.29) is 12.2 Å². The third kappa shape index (κ3) is 3.79. The van der Waals surface area contributed by atoms with Crippen molar-refractivity contribution in [1.82, 2.24) is 9.97 Å². The summed E-state index contributed by atoms with van der Waals surface area (Å²) in [4.78, 5) is 31.0. The van der Waals surface area contributed by atoms with E-state index in [9.17, 15) is 9.59 Å². The third-order valence-electron chi connectivity index (χ3n) is 5.18. The molecule has 0 spiro atoms. The first kappa shape index (κ1) is 18.7. The maximum atomic E-state index is 12.8. The number of ether oxygens (including phenoxy) is 1. The molecule has 5 aromatic rings. The molecule has 3 aromatic carbocycles. The summed E-state index contributed by atoms with van der Waals surface area (Å²) in [6, 6.07) is 24.5. The summed E-state index contributed by atoms with van der Waals surface area (Å²) in [5.74, 6) is 0. The molecular weight excluding hydrogens is 390 g/mol. The number of carbonyl (C=O) groups excluding carboxylic acids is 1. The first-order valence-electron chi connectivity index (χ1n) is 9.89. The molecule has 6 nitrogen and oxygen atoms in total. The maximum absolute atomic E-state index is 12.8. The van der Waals surface area contributed by atoms with Crippen molar-refractivity contribution in [2.45, 2.75) is 6.61 Å². The van der Waals surface area contributed by atoms with Crippen LogP contribution in [0.5, 0.6) is 0 Å². The van der Waals surface area contributed by atoms with Crippen LogP contribution in [0.25, 0.3) is 32.9 Å². The quantitative estimate of drug-likeness (QED) is 0.370. The van der Waals surface area contributed by atoms with E-state index in [1.54, 1.807) is 12.1 Å². The van der Waals surface area contributed by atoms with E-state index in [0.717, 1.165) is 27.4 Å². The number of aromatic nitrogens is 2. The molecule has 1 amide bonds. The summed E-state index contributed by atoms with van der Waals surface area (Å²) in [7, 11) is 0. The van der Waals surface area contributed by atoms with Gasteiger partial charge in [-0.1, -0.05) is 54.6 Å². The SMILES string of the molecule is O=C(Nc1ccc2cc(-c3c[nH]c4ccccc34)c(=O)[nH]c2c1)OCc1ccccc1. The number of carbonyl (C=O) groups is 1. The lowest BCUT2D eigenvalue weighted by Gasteiger charge is -2.09. The molecule has 5 rings (SSSR count). The Kier molecular flexibility index (Phi) is 4.72. The Balaban J connectivity index is 1.39. The topological polar surface area (TPSA) is 87.0 Å². The van der Waals surface area contributed by atoms with E-state index in [0.29, 0.717) is 16.8 Å². The molecule has 2 heterocycles. The van der Waals surface area contributed by atoms with Gasteiger partial charge in [0.2, 0.25) is 0 Å². The van der Waals surface area contributed by atoms with Crippen LogP contribution in [0.3, 0.4) is 0 Å². The number of benzene rings is 3. The van der Waals surface area contributed by atoms with Gasteiger partial charge >= 0.3 is 6.09 Å². The summed E-state index contributed by atoms with van der Waals surface area (Å²) < 4.78 is 5.25. The van der Waals surface area contributed by atoms with E-state index in [1.807, 2.05) is 72.9 Å². The lowest BCUT2D eigenvalue weighted by atomic mass is 10.0. The normalized spacial score (nSPS) is 11.0. The van der Waals surface area contributed by atoms with E-state index >= 15 is 0 Å². The second kappa shape index (κ2) is 7.84. The number of H-pyrrole nitrogens is 2. The molecular formula is C25H19N3O3. The van der Waals surface area contributed by atoms with Gasteiger partial charge in [0.1, 0.15) is 6.61 Å². The minimum atomic E-state index is -0.555. The van der Waals surface area contributed by atoms with Crippen LogP contribution < -0.4 is 10.9 Å². The lowest BCUT2D eigenvalue weighted by molar-refractivity contribution is 0.155. The Morgan fingerprint density at radius 2 is 1.68 bits per heavy atom. The van der Waals surface area contributed by atoms with Crippen LogP contribution >= 0.6 is 0 Å². The number of amides is 1. The minimum absolute atomic E-state index is 0.186. The van der Waals surface area contributed by atoms with Crippen LogP contribution in [0.2, 0.25) is 0 Å². The first-order chi connectivity index (χ1) is 15.2. The number of nitrogens with one attached hydrogen (secondary N) is 3. The van der Waals surface area contributed by atoms with Crippen molar-refractivity contribution in [1.29, 1.82) is 0 Å². The fraction of sp³-hybridized carbons (Fsp3) is 0.0400. The number of hydrogen-bond donors (Lipinski definition) is 3. The lowest BCUT2D eigenvalue weighted by Crippen LogP contribution is -2.14. The van der Waals surface area contributed by atoms with Gasteiger partial charge in [0, 0.05) is 33.9 Å². The summed E-state index contributed by atoms with van der Waals surface area (Å²) in [6.07, 6.45) is 1.29. The van der Waals surface area contributed by atoms with Gasteiger partial charge in [-0.15, -0.1) is 0 Å². The van der Waals surface area contributed by atoms with E-state index in [4.69, 9.17) is 4.74 Å². The number of pyridine rings is 1. The molecule has 6 heteroatoms. The molecule has 2 aromatic heterocycles. The second-order valence-electron chi connectivity index (χ2n) is 7.25. The fourth-order valence-electron chi connectivity index (χ4n) is 3.65. The summed E-state index contributed by atoms with van der Waals surface area (Å²) >= 11 is 0. The standard InChI is InChI=1S/C25H19N3O3/c29-24-20(21-14-26-22-9-5-4-8-19(21)22)12-17-10-11-18(13-23(17)28-24)27-25(30)31-15-16-6-2-1-3-7-16/h1-14,26H,15H2,(H,27,30)(H,28,29). The van der Waals surface area contributed by atoms with E-state index in [1.165, 1.54) is 0 Å². The predicted molar refractivity (Wildman–Crippen MR) is 122 cm³/mol. The third-order valence-corrected chi connectivity index (χ3v) is 5.18. The number of para-hydroxylation sites is 1. The molecule has 0 aliphatic carbocycles. The van der Waals surface area contributed by atoms with Gasteiger partial charge in [-0.3, -0.25) is 10.1 Å². The summed E-state index contributed by atoms with van der Waals surface area (Å²) in [5.41, 5.74) is 4.31. The largest absolute Gasteiger partial charge is 0.444 e. The molecule has 3 N–H and O–H groups in total. The van der Waals surface area contributed by atoms with Gasteiger partial charge in [-0.25, -0.2) is 4.79 Å². The zero-order chi connectivity index (χ0) is 21.2. The van der Waals surface area contributed by atoms with Crippen LogP contribution in [0.4, 0.5) is 10.5 Å². The molecule has 0 aliphatic rings. The average Bonchev–Trinajstić information content (AvgIpc) is 3.22. The predicted octanol–water partition coefficient (Wildman–Crippen LogP) is 5.43. The summed E-state index contributed by atoms with van der Waals surface area (Å²) in [5, 5.41) is 4.56. The Hall–Kier alpha value is -4.32. The highest BCUT2D eigenvalue weighted by molar-refractivity contribution is 5.98. The number of anilines is 1. The highest BCUT2D eigenvalue weighted by Gasteiger charge is 2.11. The van der Waals surface area contributed by atoms with Crippen LogP contribution in [0.15, 0.2) is 89.9 Å². The second-order valence-corrected chi connectivity index (χ2v) is 7.25. The molecule has 0 saturated heterocycles. The van der Waals surface area contributed by atoms with Gasteiger partial charge < -0.3 is 14.7 Å². The van der Waals surface area contributed by atoms with Crippen LogP contribution in [0.1, 0.15) is 5.56 Å². The van der Waals surface area contributed by atoms with Gasteiger partial charge in [-0.05, 0) is 35.2 Å². The number of fused-ring (bicyclic) bond motifs is 2. The molecule has 152 valence electrons. The highest BCUT2D eigenvalue weighted by atomic mass is 16.5. The fourth-order valence-corrected chi connectivity index (χ4v) is 3.65. The van der Waals surface area contributed by atoms with E-state index < -0.39 is 6.09 Å². The van der Waals surface area contributed by atoms with Crippen molar-refractivity contribution in [3.05, 3.63) is 101 Å². The van der Waals surface area contributed by atoms with Crippen LogP contribution in [0, 0.1) is 0 Å². The maximum Gasteiger partial charge on any atom is 0.411 e. The monoisotopic (exact) mass is 409 g/mol. The Bertz CT molecular complexity index is 1450. The Morgan fingerprint density at radius 1 is 0.871 bits per heavy atom. The average molecular weight is 409 g/mol. The van der Waals surface area contributed by atoms with Crippen molar-refractivity contribution in [2.24, 2.45) is 0 Å². The zero-order valence-electron chi connectivity index (χ0n) is 16.5. The van der Waals surface area contributed by atoms with Crippen molar-refractivity contribution in [3.63, 3.8) is 0 Å². The Labute approximate surface area is 177 Å². The van der Waals surface area contributed by atoms with E-state index in [2.05, 4.69) is 15.3 Å². The first-order valence-corrected chi connectivity index (χ1v) is 9.89. The smallest absolute Gasteiger partial charge is 0.411 e. The van der Waals surface area contributed by atoms with Crippen LogP contribution in [-0.2, 0) is 11.3 Å². The highest BCUT2D eigenvalue weighted by Crippen LogP contribution is 2.28. The van der Waals surface area contributed by atoms with Crippen molar-refractivity contribution in [2.75, 3.05) is 5.32 Å². The number of aromatic amines is 2. The van der Waals surface area contributed by atoms with Gasteiger partial charge in [-0.2, -0.15) is 0 Å². The zero-order valence-corrected chi connectivity index (χ0v) is 16.5. The van der Waals surface area contributed by atoms with Crippen molar-refractivity contribution >= 4 is 33.6 Å². The molecule has 0 atom stereocenters. The molecule has 0 fully saturated rings. The summed E-state index contributed by atoms with van der Waals surface area (Å²) in [6.45, 7) is 0.186. The number of rotatable bonds is 4. The van der Waals surface area contributed by atoms with Gasteiger partial charge in [0.05, 0.1) is 5.52 Å². The molecule has 31 heavy (non-hydrogen) atoms. The van der Waals surface area contributed by atoms with Crippen LogP contribution in [-0.4, -0.2) is 16.1 Å². The Morgan fingerprint density at radius 3 is 2.55 bits per heavy atom. The van der Waals surface area contributed by atoms with Crippen molar-refractivity contribution in [3.8, 4) is 11.1 Å². The molecule has 0 bridgehead atoms. The number of hydrogen-bond acceptors (Lipinski definition) is 3. The molecule has 0 saturated carbocycles. The van der Waals surface area contributed by atoms with Gasteiger partial charge in [0.15, 0.2) is 0 Å². The molecule has 0 radical (unpaired) electrons. The molecule has 0 aliphatic heterocycles. The van der Waals surface area contributed by atoms with Crippen molar-refractivity contribution < 1.29 is 9.53 Å². The molecule has 0 unspecified atom stereocenters.